The fraction of sp³-hybridized carbons (Fsp3) is 0.182. The van der Waals surface area contributed by atoms with Gasteiger partial charge in [0, 0.05) is 23.1 Å². The molecule has 1 heterocycles. The number of nitro groups is 1. The summed E-state index contributed by atoms with van der Waals surface area (Å²) >= 11 is 0. The van der Waals surface area contributed by atoms with E-state index in [0.717, 1.165) is 11.5 Å². The Hall–Kier alpha value is -2.22. The first kappa shape index (κ1) is 13.2. The maximum Gasteiger partial charge on any atom is 0.270 e. The topological polar surface area (TPSA) is 106 Å². The lowest BCUT2D eigenvalue weighted by molar-refractivity contribution is -0.384. The van der Waals surface area contributed by atoms with Gasteiger partial charge in [0.05, 0.1) is 16.7 Å². The van der Waals surface area contributed by atoms with E-state index >= 15 is 0 Å². The monoisotopic (exact) mass is 282 g/mol. The Labute approximate surface area is 109 Å². The minimum atomic E-state index is -3.25. The van der Waals surface area contributed by atoms with Gasteiger partial charge in [-0.1, -0.05) is 6.07 Å². The number of non-ortho nitro benzene ring substituents is 1. The molecule has 0 saturated carbocycles. The molecule has 1 aliphatic heterocycles. The molecule has 1 aromatic carbocycles. The summed E-state index contributed by atoms with van der Waals surface area (Å²) in [7, 11) is -3.25. The van der Waals surface area contributed by atoms with Crippen molar-refractivity contribution in [3.05, 3.63) is 51.4 Å². The molecule has 0 radical (unpaired) electrons. The molecule has 1 unspecified atom stereocenters. The summed E-state index contributed by atoms with van der Waals surface area (Å²) in [6.45, 7) is 0. The Morgan fingerprint density at radius 1 is 1.42 bits per heavy atom. The molecule has 8 heteroatoms. The zero-order chi connectivity index (χ0) is 14.0. The standard InChI is InChI=1S/C11H10N2O5S/c14-11(12-9-4-5-19(17,18)7-9)8-2-1-3-10(6-8)13(15)16/h1-6,9H,7H2,(H,12,14). The number of nitro benzene ring substituents is 1. The van der Waals surface area contributed by atoms with E-state index in [1.165, 1.54) is 24.3 Å². The van der Waals surface area contributed by atoms with E-state index in [1.807, 2.05) is 0 Å². The van der Waals surface area contributed by atoms with E-state index in [4.69, 9.17) is 0 Å². The zero-order valence-electron chi connectivity index (χ0n) is 9.65. The molecule has 1 aromatic rings. The first-order valence-corrected chi connectivity index (χ1v) is 7.05. The van der Waals surface area contributed by atoms with Crippen LogP contribution in [0.4, 0.5) is 5.69 Å². The van der Waals surface area contributed by atoms with Gasteiger partial charge in [0.1, 0.15) is 0 Å². The third kappa shape index (κ3) is 3.16. The second-order valence-electron chi connectivity index (χ2n) is 4.05. The number of hydrogen-bond acceptors (Lipinski definition) is 5. The molecule has 1 amide bonds. The minimum Gasteiger partial charge on any atom is -0.345 e. The lowest BCUT2D eigenvalue weighted by Gasteiger charge is -2.09. The number of nitrogens with one attached hydrogen (secondary N) is 1. The molecule has 0 saturated heterocycles. The predicted octanol–water partition coefficient (Wildman–Crippen LogP) is 0.635. The smallest absolute Gasteiger partial charge is 0.270 e. The molecular weight excluding hydrogens is 272 g/mol. The van der Waals surface area contributed by atoms with Crippen LogP contribution in [-0.4, -0.2) is 31.0 Å². The molecule has 0 bridgehead atoms. The fourth-order valence-electron chi connectivity index (χ4n) is 1.68. The summed E-state index contributed by atoms with van der Waals surface area (Å²) < 4.78 is 22.3. The van der Waals surface area contributed by atoms with E-state index < -0.39 is 26.7 Å². The van der Waals surface area contributed by atoms with Crippen LogP contribution >= 0.6 is 0 Å². The summed E-state index contributed by atoms with van der Waals surface area (Å²) in [5.41, 5.74) is -0.0749. The van der Waals surface area contributed by atoms with Crippen LogP contribution < -0.4 is 5.32 Å². The molecule has 0 aromatic heterocycles. The quantitative estimate of drug-likeness (QED) is 0.646. The average molecular weight is 282 g/mol. The Balaban J connectivity index is 2.11. The number of sulfone groups is 1. The Kier molecular flexibility index (Phi) is 3.34. The summed E-state index contributed by atoms with van der Waals surface area (Å²) in [5.74, 6) is -0.733. The van der Waals surface area contributed by atoms with Crippen molar-refractivity contribution >= 4 is 21.4 Å². The molecule has 0 spiro atoms. The van der Waals surface area contributed by atoms with Gasteiger partial charge in [0.25, 0.3) is 11.6 Å². The minimum absolute atomic E-state index is 0.117. The first-order chi connectivity index (χ1) is 8.87. The largest absolute Gasteiger partial charge is 0.345 e. The second-order valence-corrected chi connectivity index (χ2v) is 5.98. The lowest BCUT2D eigenvalue weighted by atomic mass is 10.2. The van der Waals surface area contributed by atoms with Crippen molar-refractivity contribution in [3.8, 4) is 0 Å². The van der Waals surface area contributed by atoms with Gasteiger partial charge in [0.15, 0.2) is 9.84 Å². The normalized spacial score (nSPS) is 20.1. The molecule has 2 rings (SSSR count). The number of hydrogen-bond donors (Lipinski definition) is 1. The molecule has 0 fully saturated rings. The number of amides is 1. The van der Waals surface area contributed by atoms with Gasteiger partial charge in [-0.05, 0) is 12.1 Å². The van der Waals surface area contributed by atoms with Crippen molar-refractivity contribution in [3.63, 3.8) is 0 Å². The van der Waals surface area contributed by atoms with Crippen molar-refractivity contribution in [2.45, 2.75) is 6.04 Å². The molecule has 1 N–H and O–H groups in total. The molecule has 1 aliphatic rings. The van der Waals surface area contributed by atoms with Gasteiger partial charge in [0.2, 0.25) is 0 Å². The molecule has 0 aliphatic carbocycles. The van der Waals surface area contributed by atoms with Crippen molar-refractivity contribution in [2.24, 2.45) is 0 Å². The van der Waals surface area contributed by atoms with Crippen LogP contribution in [0.15, 0.2) is 35.7 Å². The lowest BCUT2D eigenvalue weighted by Crippen LogP contribution is -2.35. The molecule has 7 nitrogen and oxygen atoms in total. The fourth-order valence-corrected chi connectivity index (χ4v) is 2.91. The van der Waals surface area contributed by atoms with Crippen LogP contribution in [0.25, 0.3) is 0 Å². The third-order valence-electron chi connectivity index (χ3n) is 2.57. The number of carbonyl (C=O) groups is 1. The van der Waals surface area contributed by atoms with Crippen LogP contribution in [0, 0.1) is 10.1 Å². The highest BCUT2D eigenvalue weighted by atomic mass is 32.2. The van der Waals surface area contributed by atoms with Gasteiger partial charge >= 0.3 is 0 Å². The molecule has 19 heavy (non-hydrogen) atoms. The van der Waals surface area contributed by atoms with Gasteiger partial charge < -0.3 is 5.32 Å². The SMILES string of the molecule is O=C(NC1C=CS(=O)(=O)C1)c1cccc([N+](=O)[O-])c1. The highest BCUT2D eigenvalue weighted by molar-refractivity contribution is 7.94. The average Bonchev–Trinajstić information content (AvgIpc) is 2.68. The van der Waals surface area contributed by atoms with Crippen LogP contribution in [-0.2, 0) is 9.84 Å². The number of nitrogens with zero attached hydrogens (tertiary/aromatic N) is 1. The summed E-state index contributed by atoms with van der Waals surface area (Å²) in [6.07, 6.45) is 1.38. The van der Waals surface area contributed by atoms with Crippen LogP contribution in [0.2, 0.25) is 0 Å². The third-order valence-corrected chi connectivity index (χ3v) is 3.96. The van der Waals surface area contributed by atoms with Crippen LogP contribution in [0.1, 0.15) is 10.4 Å². The van der Waals surface area contributed by atoms with E-state index in [2.05, 4.69) is 5.32 Å². The van der Waals surface area contributed by atoms with Gasteiger partial charge in [-0.25, -0.2) is 8.42 Å². The Morgan fingerprint density at radius 3 is 2.74 bits per heavy atom. The predicted molar refractivity (Wildman–Crippen MR) is 67.3 cm³/mol. The van der Waals surface area contributed by atoms with E-state index in [1.54, 1.807) is 0 Å². The maximum atomic E-state index is 11.8. The van der Waals surface area contributed by atoms with Crippen LogP contribution in [0.5, 0.6) is 0 Å². The Morgan fingerprint density at radius 2 is 2.16 bits per heavy atom. The summed E-state index contributed by atoms with van der Waals surface area (Å²) in [4.78, 5) is 21.8. The van der Waals surface area contributed by atoms with E-state index in [-0.39, 0.29) is 17.0 Å². The van der Waals surface area contributed by atoms with Gasteiger partial charge in [-0.15, -0.1) is 0 Å². The zero-order valence-corrected chi connectivity index (χ0v) is 10.5. The molecule has 1 atom stereocenters. The van der Waals surface area contributed by atoms with Crippen molar-refractivity contribution in [1.29, 1.82) is 0 Å². The van der Waals surface area contributed by atoms with Crippen LogP contribution in [0.3, 0.4) is 0 Å². The highest BCUT2D eigenvalue weighted by Gasteiger charge is 2.23. The van der Waals surface area contributed by atoms with Crippen molar-refractivity contribution < 1.29 is 18.1 Å². The molecular formula is C11H10N2O5S. The highest BCUT2D eigenvalue weighted by Crippen LogP contribution is 2.14. The van der Waals surface area contributed by atoms with E-state index in [9.17, 15) is 23.3 Å². The van der Waals surface area contributed by atoms with Crippen molar-refractivity contribution in [2.75, 3.05) is 5.75 Å². The Bertz CT molecular complexity index is 665. The van der Waals surface area contributed by atoms with Crippen molar-refractivity contribution in [1.82, 2.24) is 5.32 Å². The summed E-state index contributed by atoms with van der Waals surface area (Å²) in [6, 6.07) is 4.64. The first-order valence-electron chi connectivity index (χ1n) is 5.34. The summed E-state index contributed by atoms with van der Waals surface area (Å²) in [5, 5.41) is 14.1. The van der Waals surface area contributed by atoms with Gasteiger partial charge in [-0.2, -0.15) is 0 Å². The number of rotatable bonds is 3. The maximum absolute atomic E-state index is 11.8. The molecule has 100 valence electrons. The van der Waals surface area contributed by atoms with E-state index in [0.29, 0.717) is 0 Å². The number of carbonyl (C=O) groups excluding carboxylic acids is 1. The second kappa shape index (κ2) is 4.81. The van der Waals surface area contributed by atoms with Gasteiger partial charge in [-0.3, -0.25) is 14.9 Å². The number of benzene rings is 1.